The number of phenolic OH excluding ortho intramolecular Hbond substituents is 1. The fraction of sp³-hybridized carbons (Fsp3) is 0.429. The van der Waals surface area contributed by atoms with Crippen molar-refractivity contribution in [3.05, 3.63) is 29.8 Å². The van der Waals surface area contributed by atoms with Gasteiger partial charge in [-0.2, -0.15) is 0 Å². The minimum atomic E-state index is -0.953. The summed E-state index contributed by atoms with van der Waals surface area (Å²) in [7, 11) is 0. The summed E-state index contributed by atoms with van der Waals surface area (Å²) in [6, 6.07) is 5.89. The number of aromatic hydroxyl groups is 1. The normalized spacial score (nSPS) is 19.2. The number of aliphatic carboxylic acids is 1. The number of likely N-dealkylation sites (tertiary alicyclic amines) is 1. The van der Waals surface area contributed by atoms with Gasteiger partial charge in [0, 0.05) is 12.1 Å². The van der Waals surface area contributed by atoms with Gasteiger partial charge in [0.05, 0.1) is 6.42 Å². The number of carboxylic acid groups (broad SMARTS) is 1. The molecule has 1 saturated heterocycles. The third-order valence-corrected chi connectivity index (χ3v) is 3.44. The van der Waals surface area contributed by atoms with Crippen LogP contribution in [0, 0.1) is 0 Å². The topological polar surface area (TPSA) is 77.8 Å². The van der Waals surface area contributed by atoms with Crippen LogP contribution in [0.5, 0.6) is 5.75 Å². The molecule has 1 aromatic rings. The second kappa shape index (κ2) is 5.73. The van der Waals surface area contributed by atoms with Gasteiger partial charge in [0.15, 0.2) is 0 Å². The highest BCUT2D eigenvalue weighted by molar-refractivity contribution is 5.85. The van der Waals surface area contributed by atoms with Crippen molar-refractivity contribution in [3.8, 4) is 5.75 Å². The van der Waals surface area contributed by atoms with Crippen molar-refractivity contribution in [1.82, 2.24) is 4.90 Å². The molecule has 0 saturated carbocycles. The Labute approximate surface area is 111 Å². The Bertz CT molecular complexity index is 486. The molecule has 0 aromatic heterocycles. The molecule has 19 heavy (non-hydrogen) atoms. The van der Waals surface area contributed by atoms with E-state index in [9.17, 15) is 14.7 Å². The third-order valence-electron chi connectivity index (χ3n) is 3.44. The molecule has 0 bridgehead atoms. The lowest BCUT2D eigenvalue weighted by molar-refractivity contribution is -0.151. The highest BCUT2D eigenvalue weighted by atomic mass is 16.4. The van der Waals surface area contributed by atoms with E-state index in [2.05, 4.69) is 0 Å². The summed E-state index contributed by atoms with van der Waals surface area (Å²) in [5.41, 5.74) is 0.530. The molecule has 5 heteroatoms. The summed E-state index contributed by atoms with van der Waals surface area (Å²) in [5.74, 6) is -1.13. The minimum Gasteiger partial charge on any atom is -0.508 e. The van der Waals surface area contributed by atoms with E-state index in [1.807, 2.05) is 0 Å². The average Bonchev–Trinajstić information content (AvgIpc) is 2.41. The van der Waals surface area contributed by atoms with Gasteiger partial charge in [0.2, 0.25) is 5.91 Å². The van der Waals surface area contributed by atoms with Crippen LogP contribution in [0.2, 0.25) is 0 Å². The van der Waals surface area contributed by atoms with Gasteiger partial charge in [0.25, 0.3) is 0 Å². The van der Waals surface area contributed by atoms with Crippen molar-refractivity contribution in [2.75, 3.05) is 6.54 Å². The Morgan fingerprint density at radius 3 is 2.68 bits per heavy atom. The van der Waals surface area contributed by atoms with Crippen molar-refractivity contribution in [2.24, 2.45) is 0 Å². The van der Waals surface area contributed by atoms with Crippen LogP contribution in [0.3, 0.4) is 0 Å². The van der Waals surface area contributed by atoms with Crippen molar-refractivity contribution in [3.63, 3.8) is 0 Å². The number of hydrogen-bond donors (Lipinski definition) is 2. The van der Waals surface area contributed by atoms with Crippen molar-refractivity contribution >= 4 is 11.9 Å². The highest BCUT2D eigenvalue weighted by Crippen LogP contribution is 2.21. The molecule has 0 spiro atoms. The van der Waals surface area contributed by atoms with Crippen LogP contribution in [0.4, 0.5) is 0 Å². The maximum absolute atomic E-state index is 12.2. The molecule has 5 nitrogen and oxygen atoms in total. The van der Waals surface area contributed by atoms with Crippen LogP contribution in [0.15, 0.2) is 24.3 Å². The van der Waals surface area contributed by atoms with Gasteiger partial charge in [-0.05, 0) is 25.3 Å². The number of carboxylic acids is 1. The van der Waals surface area contributed by atoms with E-state index in [0.29, 0.717) is 18.5 Å². The molecule has 2 rings (SSSR count). The average molecular weight is 263 g/mol. The van der Waals surface area contributed by atoms with Crippen LogP contribution in [0.1, 0.15) is 24.8 Å². The fourth-order valence-corrected chi connectivity index (χ4v) is 2.41. The number of amides is 1. The van der Waals surface area contributed by atoms with Gasteiger partial charge >= 0.3 is 5.97 Å². The van der Waals surface area contributed by atoms with Crippen molar-refractivity contribution in [2.45, 2.75) is 31.7 Å². The molecular weight excluding hydrogens is 246 g/mol. The number of nitrogens with zero attached hydrogens (tertiary/aromatic N) is 1. The second-order valence-corrected chi connectivity index (χ2v) is 4.74. The predicted molar refractivity (Wildman–Crippen MR) is 68.8 cm³/mol. The molecule has 1 unspecified atom stereocenters. The zero-order valence-corrected chi connectivity index (χ0v) is 10.6. The van der Waals surface area contributed by atoms with Gasteiger partial charge in [-0.3, -0.25) is 4.79 Å². The van der Waals surface area contributed by atoms with Gasteiger partial charge in [-0.25, -0.2) is 4.79 Å². The lowest BCUT2D eigenvalue weighted by Crippen LogP contribution is -2.48. The molecule has 0 aliphatic carbocycles. The van der Waals surface area contributed by atoms with E-state index in [0.717, 1.165) is 12.8 Å². The summed E-state index contributed by atoms with van der Waals surface area (Å²) >= 11 is 0. The summed E-state index contributed by atoms with van der Waals surface area (Å²) < 4.78 is 0. The first kappa shape index (κ1) is 13.4. The zero-order valence-electron chi connectivity index (χ0n) is 10.6. The number of benzene rings is 1. The lowest BCUT2D eigenvalue weighted by Gasteiger charge is -2.33. The predicted octanol–water partition coefficient (Wildman–Crippen LogP) is 1.40. The highest BCUT2D eigenvalue weighted by Gasteiger charge is 2.31. The number of carbonyl (C=O) groups is 2. The van der Waals surface area contributed by atoms with Gasteiger partial charge in [-0.15, -0.1) is 0 Å². The number of hydrogen-bond acceptors (Lipinski definition) is 3. The lowest BCUT2D eigenvalue weighted by atomic mass is 10.0. The Balaban J connectivity index is 2.10. The van der Waals surface area contributed by atoms with Crippen LogP contribution in [0.25, 0.3) is 0 Å². The number of phenols is 1. The SMILES string of the molecule is O=C(O)C1CCCCN1C(=O)Cc1ccccc1O. The van der Waals surface area contributed by atoms with Gasteiger partial charge < -0.3 is 15.1 Å². The molecule has 1 atom stereocenters. The molecule has 1 aliphatic heterocycles. The Hall–Kier alpha value is -2.04. The van der Waals surface area contributed by atoms with Gasteiger partial charge in [-0.1, -0.05) is 18.2 Å². The molecule has 1 aromatic carbocycles. The first-order valence-corrected chi connectivity index (χ1v) is 6.38. The molecule has 1 heterocycles. The van der Waals surface area contributed by atoms with Crippen molar-refractivity contribution in [1.29, 1.82) is 0 Å². The summed E-state index contributed by atoms with van der Waals surface area (Å²) in [5, 5.41) is 18.8. The Kier molecular flexibility index (Phi) is 4.04. The van der Waals surface area contributed by atoms with Crippen LogP contribution in [-0.2, 0) is 16.0 Å². The molecular formula is C14H17NO4. The van der Waals surface area contributed by atoms with Crippen molar-refractivity contribution < 1.29 is 19.8 Å². The van der Waals surface area contributed by atoms with E-state index in [1.165, 1.54) is 11.0 Å². The van der Waals surface area contributed by atoms with Crippen LogP contribution < -0.4 is 0 Å². The van der Waals surface area contributed by atoms with E-state index in [4.69, 9.17) is 5.11 Å². The molecule has 0 radical (unpaired) electrons. The molecule has 1 fully saturated rings. The standard InChI is InChI=1S/C14H17NO4/c16-12-7-2-1-5-10(12)9-13(17)15-8-4-3-6-11(15)14(18)19/h1-2,5,7,11,16H,3-4,6,8-9H2,(H,18,19). The quantitative estimate of drug-likeness (QED) is 0.864. The van der Waals surface area contributed by atoms with E-state index in [1.54, 1.807) is 18.2 Å². The fourth-order valence-electron chi connectivity index (χ4n) is 2.41. The first-order chi connectivity index (χ1) is 9.09. The summed E-state index contributed by atoms with van der Waals surface area (Å²) in [6.07, 6.45) is 2.20. The molecule has 102 valence electrons. The zero-order chi connectivity index (χ0) is 13.8. The largest absolute Gasteiger partial charge is 0.508 e. The number of carbonyl (C=O) groups excluding carboxylic acids is 1. The maximum atomic E-state index is 12.2. The van der Waals surface area contributed by atoms with E-state index in [-0.39, 0.29) is 18.1 Å². The van der Waals surface area contributed by atoms with Crippen LogP contribution >= 0.6 is 0 Å². The molecule has 1 amide bonds. The van der Waals surface area contributed by atoms with Crippen LogP contribution in [-0.4, -0.2) is 39.6 Å². The van der Waals surface area contributed by atoms with E-state index < -0.39 is 12.0 Å². The monoisotopic (exact) mass is 263 g/mol. The third kappa shape index (κ3) is 3.05. The first-order valence-electron chi connectivity index (χ1n) is 6.38. The number of rotatable bonds is 3. The van der Waals surface area contributed by atoms with Gasteiger partial charge in [0.1, 0.15) is 11.8 Å². The Morgan fingerprint density at radius 2 is 2.00 bits per heavy atom. The maximum Gasteiger partial charge on any atom is 0.326 e. The smallest absolute Gasteiger partial charge is 0.326 e. The minimum absolute atomic E-state index is 0.0381. The van der Waals surface area contributed by atoms with E-state index >= 15 is 0 Å². The summed E-state index contributed by atoms with van der Waals surface area (Å²) in [4.78, 5) is 24.7. The second-order valence-electron chi connectivity index (χ2n) is 4.74. The number of piperidine rings is 1. The molecule has 2 N–H and O–H groups in total. The summed E-state index contributed by atoms with van der Waals surface area (Å²) in [6.45, 7) is 0.476. The Morgan fingerprint density at radius 1 is 1.26 bits per heavy atom. The molecule has 1 aliphatic rings. The number of para-hydroxylation sites is 1.